The summed E-state index contributed by atoms with van der Waals surface area (Å²) in [5, 5.41) is 3.05. The second kappa shape index (κ2) is 9.70. The van der Waals surface area contributed by atoms with E-state index in [4.69, 9.17) is 14.2 Å². The SMILES string of the molecule is COc1ccc(CCC(=O)NC(C)Cc2ccc(OC)c(OC)c2)cc1. The lowest BCUT2D eigenvalue weighted by Crippen LogP contribution is -2.34. The molecule has 0 heterocycles. The van der Waals surface area contributed by atoms with E-state index in [0.29, 0.717) is 24.3 Å². The maximum atomic E-state index is 12.2. The van der Waals surface area contributed by atoms with E-state index in [0.717, 1.165) is 23.3 Å². The zero-order valence-electron chi connectivity index (χ0n) is 15.9. The molecule has 2 aromatic rings. The van der Waals surface area contributed by atoms with Gasteiger partial charge in [-0.1, -0.05) is 18.2 Å². The molecule has 26 heavy (non-hydrogen) atoms. The van der Waals surface area contributed by atoms with Crippen LogP contribution in [0.2, 0.25) is 0 Å². The number of nitrogens with one attached hydrogen (secondary N) is 1. The maximum absolute atomic E-state index is 12.2. The molecule has 0 radical (unpaired) electrons. The van der Waals surface area contributed by atoms with Crippen LogP contribution in [0, 0.1) is 0 Å². The highest BCUT2D eigenvalue weighted by Gasteiger charge is 2.11. The quantitative estimate of drug-likeness (QED) is 0.747. The Balaban J connectivity index is 1.82. The summed E-state index contributed by atoms with van der Waals surface area (Å²) in [6, 6.07) is 13.6. The predicted molar refractivity (Wildman–Crippen MR) is 102 cm³/mol. The molecule has 0 aliphatic carbocycles. The monoisotopic (exact) mass is 357 g/mol. The first kappa shape index (κ1) is 19.6. The predicted octanol–water partition coefficient (Wildman–Crippen LogP) is 3.39. The zero-order valence-corrected chi connectivity index (χ0v) is 15.9. The summed E-state index contributed by atoms with van der Waals surface area (Å²) in [4.78, 5) is 12.2. The van der Waals surface area contributed by atoms with Gasteiger partial charge >= 0.3 is 0 Å². The molecule has 1 amide bonds. The van der Waals surface area contributed by atoms with E-state index in [-0.39, 0.29) is 11.9 Å². The summed E-state index contributed by atoms with van der Waals surface area (Å²) in [6.45, 7) is 2.00. The van der Waals surface area contributed by atoms with E-state index in [2.05, 4.69) is 5.32 Å². The Hall–Kier alpha value is -2.69. The van der Waals surface area contributed by atoms with Gasteiger partial charge in [0.05, 0.1) is 21.3 Å². The second-order valence-electron chi connectivity index (χ2n) is 6.21. The Bertz CT molecular complexity index is 712. The Morgan fingerprint density at radius 2 is 1.58 bits per heavy atom. The lowest BCUT2D eigenvalue weighted by molar-refractivity contribution is -0.121. The van der Waals surface area contributed by atoms with E-state index in [9.17, 15) is 4.79 Å². The molecule has 0 aliphatic rings. The van der Waals surface area contributed by atoms with Crippen molar-refractivity contribution in [3.63, 3.8) is 0 Å². The van der Waals surface area contributed by atoms with Gasteiger partial charge in [0.1, 0.15) is 5.75 Å². The molecule has 1 atom stereocenters. The number of rotatable bonds is 9. The average molecular weight is 357 g/mol. The molecule has 1 N–H and O–H groups in total. The van der Waals surface area contributed by atoms with Crippen molar-refractivity contribution >= 4 is 5.91 Å². The molecule has 0 saturated carbocycles. The number of hydrogen-bond acceptors (Lipinski definition) is 4. The lowest BCUT2D eigenvalue weighted by atomic mass is 10.1. The Kier molecular flexibility index (Phi) is 7.33. The number of amides is 1. The number of aryl methyl sites for hydroxylation is 1. The fourth-order valence-corrected chi connectivity index (χ4v) is 2.81. The van der Waals surface area contributed by atoms with Crippen LogP contribution in [0.1, 0.15) is 24.5 Å². The third-order valence-corrected chi connectivity index (χ3v) is 4.20. The van der Waals surface area contributed by atoms with Crippen molar-refractivity contribution in [3.05, 3.63) is 53.6 Å². The van der Waals surface area contributed by atoms with Crippen LogP contribution in [-0.4, -0.2) is 33.3 Å². The van der Waals surface area contributed by atoms with E-state index < -0.39 is 0 Å². The van der Waals surface area contributed by atoms with Crippen LogP contribution in [0.4, 0.5) is 0 Å². The minimum atomic E-state index is 0.0384. The molecular formula is C21H27NO4. The van der Waals surface area contributed by atoms with Gasteiger partial charge in [-0.05, 0) is 55.2 Å². The Morgan fingerprint density at radius 3 is 2.19 bits per heavy atom. The van der Waals surface area contributed by atoms with Gasteiger partial charge < -0.3 is 19.5 Å². The van der Waals surface area contributed by atoms with Gasteiger partial charge in [0.25, 0.3) is 0 Å². The van der Waals surface area contributed by atoms with Crippen molar-refractivity contribution in [3.8, 4) is 17.2 Å². The van der Waals surface area contributed by atoms with Crippen molar-refractivity contribution in [2.24, 2.45) is 0 Å². The highest BCUT2D eigenvalue weighted by Crippen LogP contribution is 2.28. The fourth-order valence-electron chi connectivity index (χ4n) is 2.81. The van der Waals surface area contributed by atoms with E-state index in [1.165, 1.54) is 0 Å². The van der Waals surface area contributed by atoms with Gasteiger partial charge in [-0.25, -0.2) is 0 Å². The van der Waals surface area contributed by atoms with Crippen LogP contribution >= 0.6 is 0 Å². The zero-order chi connectivity index (χ0) is 18.9. The van der Waals surface area contributed by atoms with Gasteiger partial charge in [-0.3, -0.25) is 4.79 Å². The normalized spacial score (nSPS) is 11.5. The molecule has 5 nitrogen and oxygen atoms in total. The summed E-state index contributed by atoms with van der Waals surface area (Å²) in [5.41, 5.74) is 2.21. The molecule has 2 aromatic carbocycles. The second-order valence-corrected chi connectivity index (χ2v) is 6.21. The Morgan fingerprint density at radius 1 is 0.923 bits per heavy atom. The molecule has 140 valence electrons. The average Bonchev–Trinajstić information content (AvgIpc) is 2.66. The highest BCUT2D eigenvalue weighted by atomic mass is 16.5. The maximum Gasteiger partial charge on any atom is 0.220 e. The largest absolute Gasteiger partial charge is 0.497 e. The summed E-state index contributed by atoms with van der Waals surface area (Å²) >= 11 is 0. The molecule has 0 bridgehead atoms. The number of carbonyl (C=O) groups excluding carboxylic acids is 1. The van der Waals surface area contributed by atoms with Gasteiger partial charge in [0.2, 0.25) is 5.91 Å². The minimum Gasteiger partial charge on any atom is -0.497 e. The summed E-state index contributed by atoms with van der Waals surface area (Å²) < 4.78 is 15.7. The van der Waals surface area contributed by atoms with Crippen molar-refractivity contribution < 1.29 is 19.0 Å². The molecule has 5 heteroatoms. The first-order chi connectivity index (χ1) is 12.5. The number of ether oxygens (including phenoxy) is 3. The van der Waals surface area contributed by atoms with Crippen LogP contribution in [0.5, 0.6) is 17.2 Å². The van der Waals surface area contributed by atoms with Crippen molar-refractivity contribution in [2.45, 2.75) is 32.2 Å². The molecule has 0 spiro atoms. The van der Waals surface area contributed by atoms with Gasteiger partial charge in [0, 0.05) is 12.5 Å². The van der Waals surface area contributed by atoms with Crippen molar-refractivity contribution in [1.29, 1.82) is 0 Å². The van der Waals surface area contributed by atoms with Crippen LogP contribution in [0.15, 0.2) is 42.5 Å². The molecule has 0 saturated heterocycles. The van der Waals surface area contributed by atoms with Gasteiger partial charge in [-0.2, -0.15) is 0 Å². The first-order valence-corrected chi connectivity index (χ1v) is 8.69. The minimum absolute atomic E-state index is 0.0384. The summed E-state index contributed by atoms with van der Waals surface area (Å²) in [6.07, 6.45) is 1.90. The van der Waals surface area contributed by atoms with Crippen LogP contribution in [0.25, 0.3) is 0 Å². The van der Waals surface area contributed by atoms with Crippen LogP contribution in [-0.2, 0) is 17.6 Å². The smallest absolute Gasteiger partial charge is 0.220 e. The van der Waals surface area contributed by atoms with E-state index >= 15 is 0 Å². The van der Waals surface area contributed by atoms with Crippen molar-refractivity contribution in [2.75, 3.05) is 21.3 Å². The third kappa shape index (κ3) is 5.69. The summed E-state index contributed by atoms with van der Waals surface area (Å²) in [7, 11) is 4.87. The number of benzene rings is 2. The van der Waals surface area contributed by atoms with Crippen LogP contribution in [0.3, 0.4) is 0 Å². The topological polar surface area (TPSA) is 56.8 Å². The fraction of sp³-hybridized carbons (Fsp3) is 0.381. The Labute approximate surface area is 155 Å². The molecule has 1 unspecified atom stereocenters. The number of hydrogen-bond donors (Lipinski definition) is 1. The first-order valence-electron chi connectivity index (χ1n) is 8.69. The van der Waals surface area contributed by atoms with E-state index in [1.807, 2.05) is 49.4 Å². The van der Waals surface area contributed by atoms with Crippen molar-refractivity contribution in [1.82, 2.24) is 5.32 Å². The highest BCUT2D eigenvalue weighted by molar-refractivity contribution is 5.76. The van der Waals surface area contributed by atoms with E-state index in [1.54, 1.807) is 21.3 Å². The standard InChI is InChI=1S/C21H27NO4/c1-15(13-17-7-11-19(25-3)20(14-17)26-4)22-21(23)12-8-16-5-9-18(24-2)10-6-16/h5-7,9-11,14-15H,8,12-13H2,1-4H3,(H,22,23). The van der Waals surface area contributed by atoms with Gasteiger partial charge in [0.15, 0.2) is 11.5 Å². The number of methoxy groups -OCH3 is 3. The molecular weight excluding hydrogens is 330 g/mol. The lowest BCUT2D eigenvalue weighted by Gasteiger charge is -2.15. The molecule has 0 fully saturated rings. The molecule has 0 aromatic heterocycles. The van der Waals surface area contributed by atoms with Crippen LogP contribution < -0.4 is 19.5 Å². The van der Waals surface area contributed by atoms with Gasteiger partial charge in [-0.15, -0.1) is 0 Å². The number of carbonyl (C=O) groups is 1. The summed E-state index contributed by atoms with van der Waals surface area (Å²) in [5.74, 6) is 2.27. The third-order valence-electron chi connectivity index (χ3n) is 4.20. The molecule has 0 aliphatic heterocycles. The molecule has 2 rings (SSSR count).